The molecule has 2 saturated heterocycles. The van der Waals surface area contributed by atoms with Crippen molar-refractivity contribution in [2.75, 3.05) is 51.7 Å². The minimum Gasteiger partial charge on any atom is -0.507 e. The summed E-state index contributed by atoms with van der Waals surface area (Å²) in [6.45, 7) is 2.32. The van der Waals surface area contributed by atoms with Gasteiger partial charge in [-0.1, -0.05) is 17.7 Å². The molecule has 1 saturated carbocycles. The second-order valence-electron chi connectivity index (χ2n) is 9.87. The minimum absolute atomic E-state index is 0.00780. The predicted molar refractivity (Wildman–Crippen MR) is 128 cm³/mol. The maximum atomic E-state index is 14.8. The highest BCUT2D eigenvalue weighted by molar-refractivity contribution is 6.35. The maximum Gasteiger partial charge on any atom is 0.407 e. The number of hydrogen-bond acceptors (Lipinski definition) is 7. The quantitative estimate of drug-likeness (QED) is 0.568. The molecule has 3 fully saturated rings. The van der Waals surface area contributed by atoms with Gasteiger partial charge in [-0.3, -0.25) is 4.79 Å². The fourth-order valence-corrected chi connectivity index (χ4v) is 6.05. The number of phenols is 1. The SMILES string of the molecule is CN1C[C@@H]2[C@H](C1)[C@@H]2Nc1nc(-c2c(O)cccc2F)c(Cl)c2c1C(=O)N1CCN(C(=O)O)C[C@@H]1CO2. The van der Waals surface area contributed by atoms with Crippen molar-refractivity contribution >= 4 is 29.4 Å². The first-order valence-corrected chi connectivity index (χ1v) is 12.2. The van der Waals surface area contributed by atoms with Crippen LogP contribution in [0.15, 0.2) is 18.2 Å². The second-order valence-corrected chi connectivity index (χ2v) is 10.3. The molecule has 3 aliphatic heterocycles. The van der Waals surface area contributed by atoms with Crippen molar-refractivity contribution < 1.29 is 28.9 Å². The third-order valence-corrected chi connectivity index (χ3v) is 8.00. The van der Waals surface area contributed by atoms with Gasteiger partial charge in [-0.2, -0.15) is 0 Å². The number of carbonyl (C=O) groups is 2. The van der Waals surface area contributed by atoms with Crippen LogP contribution in [0.2, 0.25) is 5.02 Å². The van der Waals surface area contributed by atoms with E-state index in [9.17, 15) is 24.2 Å². The van der Waals surface area contributed by atoms with E-state index >= 15 is 0 Å². The number of ether oxygens (including phenoxy) is 1. The van der Waals surface area contributed by atoms with Crippen LogP contribution < -0.4 is 10.1 Å². The molecule has 0 bridgehead atoms. The highest BCUT2D eigenvalue weighted by atomic mass is 35.5. The number of benzene rings is 1. The molecular formula is C24H25ClFN5O5. The highest BCUT2D eigenvalue weighted by Crippen LogP contribution is 2.49. The van der Waals surface area contributed by atoms with Gasteiger partial charge in [0, 0.05) is 38.8 Å². The molecule has 4 heterocycles. The number of aromatic hydroxyl groups is 1. The number of phenolic OH excluding ortho intramolecular Hbond substituents is 1. The van der Waals surface area contributed by atoms with Gasteiger partial charge in [0.05, 0.1) is 11.6 Å². The van der Waals surface area contributed by atoms with Crippen molar-refractivity contribution in [2.24, 2.45) is 11.8 Å². The number of piperazine rings is 1. The number of anilines is 1. The second kappa shape index (κ2) is 8.38. The van der Waals surface area contributed by atoms with Gasteiger partial charge in [-0.05, 0) is 31.0 Å². The van der Waals surface area contributed by atoms with E-state index < -0.39 is 18.0 Å². The topological polar surface area (TPSA) is 118 Å². The molecule has 1 aliphatic carbocycles. The standard InChI is InChI=1S/C24H25ClFN5O5/c1-29-8-12-13(9-29)19(12)27-22-17-21(18(25)20(28-22)16-14(26)3-2-4-15(16)32)36-10-11-7-30(24(34)35)5-6-31(11)23(17)33/h2-4,11-13,19,32H,5-10H2,1H3,(H,27,28)(H,34,35)/t11-,12-,13+,19-/m1/s1. The summed E-state index contributed by atoms with van der Waals surface area (Å²) in [4.78, 5) is 35.0. The van der Waals surface area contributed by atoms with E-state index in [0.29, 0.717) is 11.8 Å². The Balaban J connectivity index is 1.45. The molecule has 190 valence electrons. The summed E-state index contributed by atoms with van der Waals surface area (Å²) in [5.41, 5.74) is -0.0698. The van der Waals surface area contributed by atoms with Crippen LogP contribution in [0.1, 0.15) is 10.4 Å². The Hall–Kier alpha value is -3.31. The fourth-order valence-electron chi connectivity index (χ4n) is 5.76. The number of nitrogens with one attached hydrogen (secondary N) is 1. The highest BCUT2D eigenvalue weighted by Gasteiger charge is 2.55. The van der Waals surface area contributed by atoms with Gasteiger partial charge in [-0.15, -0.1) is 0 Å². The summed E-state index contributed by atoms with van der Waals surface area (Å²) in [5.74, 6) is -0.341. The van der Waals surface area contributed by atoms with Crippen LogP contribution >= 0.6 is 11.6 Å². The van der Waals surface area contributed by atoms with Crippen molar-refractivity contribution in [2.45, 2.75) is 12.1 Å². The van der Waals surface area contributed by atoms with Crippen LogP contribution in [-0.4, -0.2) is 100 Å². The van der Waals surface area contributed by atoms with Crippen LogP contribution in [0.4, 0.5) is 15.0 Å². The molecule has 0 radical (unpaired) electrons. The molecule has 3 N–H and O–H groups in total. The number of halogens is 2. The largest absolute Gasteiger partial charge is 0.507 e. The molecular weight excluding hydrogens is 493 g/mol. The normalized spacial score (nSPS) is 27.0. The lowest BCUT2D eigenvalue weighted by molar-refractivity contribution is 0.0390. The Kier molecular flexibility index (Phi) is 5.38. The average Bonchev–Trinajstić information content (AvgIpc) is 3.33. The summed E-state index contributed by atoms with van der Waals surface area (Å²) >= 11 is 6.68. The number of fused-ring (bicyclic) bond motifs is 3. The number of carboxylic acid groups (broad SMARTS) is 1. The molecule has 36 heavy (non-hydrogen) atoms. The number of rotatable bonds is 3. The Morgan fingerprint density at radius 2 is 1.97 bits per heavy atom. The third kappa shape index (κ3) is 3.60. The first kappa shape index (κ1) is 23.1. The number of piperidine rings is 1. The Bertz CT molecular complexity index is 1250. The van der Waals surface area contributed by atoms with E-state index in [4.69, 9.17) is 16.3 Å². The number of pyridine rings is 1. The summed E-state index contributed by atoms with van der Waals surface area (Å²) in [5, 5.41) is 23.2. The number of carbonyl (C=O) groups excluding carboxylic acids is 1. The predicted octanol–water partition coefficient (Wildman–Crippen LogP) is 2.42. The molecule has 0 unspecified atom stereocenters. The van der Waals surface area contributed by atoms with Crippen molar-refractivity contribution in [3.63, 3.8) is 0 Å². The van der Waals surface area contributed by atoms with Gasteiger partial charge >= 0.3 is 6.09 Å². The zero-order valence-corrected chi connectivity index (χ0v) is 20.2. The molecule has 4 aliphatic rings. The summed E-state index contributed by atoms with van der Waals surface area (Å²) in [7, 11) is 2.06. The zero-order chi connectivity index (χ0) is 25.3. The van der Waals surface area contributed by atoms with Crippen molar-refractivity contribution in [3.8, 4) is 22.8 Å². The van der Waals surface area contributed by atoms with Gasteiger partial charge in [0.2, 0.25) is 0 Å². The van der Waals surface area contributed by atoms with Gasteiger partial charge in [0.25, 0.3) is 5.91 Å². The lowest BCUT2D eigenvalue weighted by Gasteiger charge is -2.38. The van der Waals surface area contributed by atoms with Crippen LogP contribution in [0.3, 0.4) is 0 Å². The minimum atomic E-state index is -1.06. The average molecular weight is 518 g/mol. The van der Waals surface area contributed by atoms with E-state index in [0.717, 1.165) is 13.1 Å². The number of aromatic nitrogens is 1. The first-order valence-electron chi connectivity index (χ1n) is 11.8. The fraction of sp³-hybridized carbons (Fsp3) is 0.458. The van der Waals surface area contributed by atoms with E-state index in [-0.39, 0.29) is 77.4 Å². The van der Waals surface area contributed by atoms with Crippen LogP contribution in [0, 0.1) is 17.7 Å². The Labute approximate surface area is 211 Å². The molecule has 1 aromatic carbocycles. The van der Waals surface area contributed by atoms with Crippen molar-refractivity contribution in [3.05, 3.63) is 34.6 Å². The van der Waals surface area contributed by atoms with Crippen LogP contribution in [0.25, 0.3) is 11.3 Å². The van der Waals surface area contributed by atoms with Gasteiger partial charge in [-0.25, -0.2) is 14.2 Å². The van der Waals surface area contributed by atoms with E-state index in [1.165, 1.54) is 23.1 Å². The summed E-state index contributed by atoms with van der Waals surface area (Å²) in [6, 6.07) is 3.48. The third-order valence-electron chi connectivity index (χ3n) is 7.65. The van der Waals surface area contributed by atoms with Crippen molar-refractivity contribution in [1.29, 1.82) is 0 Å². The van der Waals surface area contributed by atoms with Gasteiger partial charge < -0.3 is 35.0 Å². The summed E-state index contributed by atoms with van der Waals surface area (Å²) < 4.78 is 20.9. The van der Waals surface area contributed by atoms with Gasteiger partial charge in [0.1, 0.15) is 40.3 Å². The van der Waals surface area contributed by atoms with Crippen molar-refractivity contribution in [1.82, 2.24) is 19.7 Å². The van der Waals surface area contributed by atoms with E-state index in [1.54, 1.807) is 4.90 Å². The zero-order valence-electron chi connectivity index (χ0n) is 19.4. The lowest BCUT2D eigenvalue weighted by atomic mass is 10.1. The Morgan fingerprint density at radius 1 is 1.22 bits per heavy atom. The maximum absolute atomic E-state index is 14.8. The molecule has 2 aromatic rings. The summed E-state index contributed by atoms with van der Waals surface area (Å²) in [6.07, 6.45) is -1.06. The molecule has 1 aromatic heterocycles. The molecule has 12 heteroatoms. The molecule has 2 amide bonds. The number of likely N-dealkylation sites (tertiary alicyclic amines) is 1. The number of nitrogens with zero attached hydrogens (tertiary/aromatic N) is 4. The van der Waals surface area contributed by atoms with Gasteiger partial charge in [0.15, 0.2) is 5.75 Å². The molecule has 6 rings (SSSR count). The first-order chi connectivity index (χ1) is 17.2. The monoisotopic (exact) mass is 517 g/mol. The molecule has 4 atom stereocenters. The number of hydrogen-bond donors (Lipinski definition) is 3. The molecule has 10 nitrogen and oxygen atoms in total. The van der Waals surface area contributed by atoms with E-state index in [1.807, 2.05) is 0 Å². The smallest absolute Gasteiger partial charge is 0.407 e. The van der Waals surface area contributed by atoms with Crippen LogP contribution in [0.5, 0.6) is 11.5 Å². The molecule has 0 spiro atoms. The Morgan fingerprint density at radius 3 is 2.67 bits per heavy atom. The lowest BCUT2D eigenvalue weighted by Crippen LogP contribution is -2.57. The van der Waals surface area contributed by atoms with E-state index in [2.05, 4.69) is 22.2 Å². The number of amides is 2. The van der Waals surface area contributed by atoms with Crippen LogP contribution in [-0.2, 0) is 0 Å².